The van der Waals surface area contributed by atoms with Crippen molar-refractivity contribution in [1.82, 2.24) is 9.78 Å². The molecule has 1 aromatic heterocycles. The van der Waals surface area contributed by atoms with Crippen LogP contribution in [-0.4, -0.2) is 27.5 Å². The molecule has 0 unspecified atom stereocenters. The molecule has 0 fully saturated rings. The number of alkyl halides is 3. The zero-order valence-corrected chi connectivity index (χ0v) is 18.5. The van der Waals surface area contributed by atoms with Crippen LogP contribution in [0.4, 0.5) is 13.2 Å². The zero-order valence-electron chi connectivity index (χ0n) is 18.5. The molecule has 0 radical (unpaired) electrons. The van der Waals surface area contributed by atoms with Crippen LogP contribution in [0, 0.1) is 0 Å². The lowest BCUT2D eigenvalue weighted by molar-refractivity contribution is -0.138. The SMILES string of the molecule is Cn1ncc2cc(-c3cc(CCC(=O)O)ccc3OCCc3ccccc3C(F)(F)F)ccc21. The van der Waals surface area contributed by atoms with Crippen molar-refractivity contribution < 1.29 is 27.8 Å². The molecule has 1 N–H and O–H groups in total. The minimum atomic E-state index is -4.42. The molecule has 0 aliphatic rings. The Morgan fingerprint density at radius 2 is 1.85 bits per heavy atom. The van der Waals surface area contributed by atoms with E-state index in [2.05, 4.69) is 5.10 Å². The number of benzene rings is 3. The van der Waals surface area contributed by atoms with Gasteiger partial charge in [-0.05, 0) is 53.4 Å². The molecule has 1 heterocycles. The van der Waals surface area contributed by atoms with Gasteiger partial charge in [0, 0.05) is 30.8 Å². The Morgan fingerprint density at radius 3 is 2.62 bits per heavy atom. The molecule has 8 heteroatoms. The Bertz CT molecular complexity index is 1330. The van der Waals surface area contributed by atoms with Crippen LogP contribution in [0.15, 0.2) is 66.9 Å². The van der Waals surface area contributed by atoms with Gasteiger partial charge in [-0.15, -0.1) is 0 Å². The Balaban J connectivity index is 1.62. The predicted molar refractivity (Wildman–Crippen MR) is 123 cm³/mol. The maximum absolute atomic E-state index is 13.3. The van der Waals surface area contributed by atoms with Gasteiger partial charge in [0.05, 0.1) is 23.9 Å². The monoisotopic (exact) mass is 468 g/mol. The van der Waals surface area contributed by atoms with Crippen LogP contribution in [0.2, 0.25) is 0 Å². The van der Waals surface area contributed by atoms with E-state index in [1.54, 1.807) is 29.1 Å². The van der Waals surface area contributed by atoms with Crippen LogP contribution >= 0.6 is 0 Å². The van der Waals surface area contributed by atoms with Gasteiger partial charge < -0.3 is 9.84 Å². The Morgan fingerprint density at radius 1 is 1.06 bits per heavy atom. The van der Waals surface area contributed by atoms with Gasteiger partial charge in [-0.3, -0.25) is 9.48 Å². The van der Waals surface area contributed by atoms with E-state index in [1.165, 1.54) is 12.1 Å². The number of aromatic nitrogens is 2. The van der Waals surface area contributed by atoms with E-state index in [0.29, 0.717) is 12.2 Å². The number of carbonyl (C=O) groups is 1. The van der Waals surface area contributed by atoms with Crippen LogP contribution in [0.25, 0.3) is 22.0 Å². The zero-order chi connectivity index (χ0) is 24.3. The topological polar surface area (TPSA) is 64.4 Å². The van der Waals surface area contributed by atoms with Crippen molar-refractivity contribution in [1.29, 1.82) is 0 Å². The second-order valence-corrected chi connectivity index (χ2v) is 8.02. The fourth-order valence-electron chi connectivity index (χ4n) is 3.95. The largest absolute Gasteiger partial charge is 0.493 e. The number of ether oxygens (including phenoxy) is 1. The molecule has 0 bridgehead atoms. The number of aryl methyl sites for hydroxylation is 2. The predicted octanol–water partition coefficient (Wildman–Crippen LogP) is 5.90. The van der Waals surface area contributed by atoms with Crippen LogP contribution in [0.1, 0.15) is 23.1 Å². The van der Waals surface area contributed by atoms with Gasteiger partial charge in [0.1, 0.15) is 5.75 Å². The van der Waals surface area contributed by atoms with Crippen molar-refractivity contribution in [3.8, 4) is 16.9 Å². The van der Waals surface area contributed by atoms with E-state index >= 15 is 0 Å². The first kappa shape index (κ1) is 23.4. The second-order valence-electron chi connectivity index (χ2n) is 8.02. The molecule has 3 aromatic carbocycles. The number of fused-ring (bicyclic) bond motifs is 1. The molecule has 0 amide bonds. The van der Waals surface area contributed by atoms with E-state index in [9.17, 15) is 18.0 Å². The lowest BCUT2D eigenvalue weighted by Gasteiger charge is -2.16. The molecule has 4 rings (SSSR count). The van der Waals surface area contributed by atoms with Gasteiger partial charge in [-0.2, -0.15) is 18.3 Å². The number of carboxylic acids is 1. The van der Waals surface area contributed by atoms with Crippen molar-refractivity contribution in [3.63, 3.8) is 0 Å². The molecule has 0 spiro atoms. The summed E-state index contributed by atoms with van der Waals surface area (Å²) in [6, 6.07) is 16.7. The third-order valence-corrected chi connectivity index (χ3v) is 5.68. The summed E-state index contributed by atoms with van der Waals surface area (Å²) in [6.45, 7) is 0.0592. The van der Waals surface area contributed by atoms with E-state index < -0.39 is 17.7 Å². The Labute approximate surface area is 194 Å². The number of hydrogen-bond acceptors (Lipinski definition) is 3. The first-order valence-corrected chi connectivity index (χ1v) is 10.8. The maximum Gasteiger partial charge on any atom is 0.416 e. The Hall–Kier alpha value is -3.81. The average molecular weight is 468 g/mol. The summed E-state index contributed by atoms with van der Waals surface area (Å²) < 4.78 is 47.6. The highest BCUT2D eigenvalue weighted by Gasteiger charge is 2.32. The highest BCUT2D eigenvalue weighted by Crippen LogP contribution is 2.35. The Kier molecular flexibility index (Phi) is 6.58. The summed E-state index contributed by atoms with van der Waals surface area (Å²) in [6.07, 6.45) is -2.22. The standard InChI is InChI=1S/C26H23F3N2O3/c1-31-23-9-8-19(15-20(23)16-30-31)21-14-17(7-11-25(32)33)6-10-24(21)34-13-12-18-4-2-3-5-22(18)26(27,28)29/h2-6,8-10,14-16H,7,11-13H2,1H3,(H,32,33). The fourth-order valence-corrected chi connectivity index (χ4v) is 3.95. The molecule has 34 heavy (non-hydrogen) atoms. The summed E-state index contributed by atoms with van der Waals surface area (Å²) in [5.41, 5.74) is 2.90. The van der Waals surface area contributed by atoms with Crippen molar-refractivity contribution in [2.45, 2.75) is 25.4 Å². The van der Waals surface area contributed by atoms with Gasteiger partial charge >= 0.3 is 12.1 Å². The molecule has 0 aliphatic carbocycles. The third kappa shape index (κ3) is 5.22. The summed E-state index contributed by atoms with van der Waals surface area (Å²) in [7, 11) is 1.85. The molecule has 0 aliphatic heterocycles. The molecular formula is C26H23F3N2O3. The van der Waals surface area contributed by atoms with Crippen molar-refractivity contribution in [2.24, 2.45) is 7.05 Å². The second kappa shape index (κ2) is 9.59. The molecule has 5 nitrogen and oxygen atoms in total. The minimum absolute atomic E-state index is 0.00445. The van der Waals surface area contributed by atoms with Crippen molar-refractivity contribution in [2.75, 3.05) is 6.61 Å². The van der Waals surface area contributed by atoms with Crippen LogP contribution in [-0.2, 0) is 30.9 Å². The molecule has 0 saturated heterocycles. The summed E-state index contributed by atoms with van der Waals surface area (Å²) in [5, 5.41) is 14.2. The molecule has 4 aromatic rings. The van der Waals surface area contributed by atoms with E-state index in [-0.39, 0.29) is 25.0 Å². The summed E-state index contributed by atoms with van der Waals surface area (Å²) >= 11 is 0. The summed E-state index contributed by atoms with van der Waals surface area (Å²) in [5.74, 6) is -0.367. The fraction of sp³-hybridized carbons (Fsp3) is 0.231. The maximum atomic E-state index is 13.3. The van der Waals surface area contributed by atoms with Crippen LogP contribution in [0.5, 0.6) is 5.75 Å². The van der Waals surface area contributed by atoms with E-state index in [4.69, 9.17) is 9.84 Å². The first-order chi connectivity index (χ1) is 16.2. The highest BCUT2D eigenvalue weighted by atomic mass is 19.4. The van der Waals surface area contributed by atoms with Crippen LogP contribution < -0.4 is 4.74 Å². The normalized spacial score (nSPS) is 11.6. The number of halogens is 3. The quantitative estimate of drug-likeness (QED) is 0.350. The van der Waals surface area contributed by atoms with Gasteiger partial charge in [-0.1, -0.05) is 30.3 Å². The minimum Gasteiger partial charge on any atom is -0.493 e. The van der Waals surface area contributed by atoms with Gasteiger partial charge in [0.15, 0.2) is 0 Å². The van der Waals surface area contributed by atoms with E-state index in [1.807, 2.05) is 31.3 Å². The van der Waals surface area contributed by atoms with Crippen molar-refractivity contribution >= 4 is 16.9 Å². The molecule has 0 saturated carbocycles. The molecule has 176 valence electrons. The number of rotatable bonds is 8. The lowest BCUT2D eigenvalue weighted by Crippen LogP contribution is -2.11. The molecular weight excluding hydrogens is 445 g/mol. The number of aliphatic carboxylic acids is 1. The smallest absolute Gasteiger partial charge is 0.416 e. The number of carboxylic acid groups (broad SMARTS) is 1. The molecule has 0 atom stereocenters. The van der Waals surface area contributed by atoms with Crippen molar-refractivity contribution in [3.05, 3.63) is 83.6 Å². The lowest BCUT2D eigenvalue weighted by atomic mass is 9.98. The third-order valence-electron chi connectivity index (χ3n) is 5.68. The first-order valence-electron chi connectivity index (χ1n) is 10.8. The summed E-state index contributed by atoms with van der Waals surface area (Å²) in [4.78, 5) is 11.0. The number of nitrogens with zero attached hydrogens (tertiary/aromatic N) is 2. The van der Waals surface area contributed by atoms with Gasteiger partial charge in [-0.25, -0.2) is 0 Å². The van der Waals surface area contributed by atoms with E-state index in [0.717, 1.165) is 33.7 Å². The highest BCUT2D eigenvalue weighted by molar-refractivity contribution is 5.86. The van der Waals surface area contributed by atoms with Crippen LogP contribution in [0.3, 0.4) is 0 Å². The average Bonchev–Trinajstić information content (AvgIpc) is 3.18. The van der Waals surface area contributed by atoms with Gasteiger partial charge in [0.25, 0.3) is 0 Å². The van der Waals surface area contributed by atoms with Gasteiger partial charge in [0.2, 0.25) is 0 Å². The number of hydrogen-bond donors (Lipinski definition) is 1.